The number of aromatic nitrogens is 2. The van der Waals surface area contributed by atoms with E-state index in [2.05, 4.69) is 15.7 Å². The monoisotopic (exact) mass is 567 g/mol. The molecule has 180 valence electrons. The molecule has 0 saturated carbocycles. The minimum absolute atomic E-state index is 0. The van der Waals surface area contributed by atoms with Crippen molar-refractivity contribution in [3.8, 4) is 0 Å². The molecule has 1 aliphatic rings. The number of nitrogens with zero attached hydrogens (tertiary/aromatic N) is 5. The fourth-order valence-electron chi connectivity index (χ4n) is 3.60. The van der Waals surface area contributed by atoms with Gasteiger partial charge in [0.15, 0.2) is 5.96 Å². The molecule has 2 aromatic rings. The molecular formula is C23H34IN7O2. The van der Waals surface area contributed by atoms with Gasteiger partial charge in [-0.05, 0) is 30.5 Å². The van der Waals surface area contributed by atoms with Crippen LogP contribution in [-0.2, 0) is 23.2 Å². The van der Waals surface area contributed by atoms with E-state index in [0.29, 0.717) is 44.5 Å². The number of hydrogen-bond acceptors (Lipinski definition) is 4. The van der Waals surface area contributed by atoms with E-state index in [0.717, 1.165) is 16.9 Å². The third kappa shape index (κ3) is 7.72. The van der Waals surface area contributed by atoms with Crippen LogP contribution in [-0.4, -0.2) is 58.6 Å². The molecule has 1 fully saturated rings. The summed E-state index contributed by atoms with van der Waals surface area (Å²) in [5.74, 6) is 1.05. The normalized spacial score (nSPS) is 14.3. The number of rotatable bonds is 7. The Morgan fingerprint density at radius 3 is 2.70 bits per heavy atom. The first-order valence-electron chi connectivity index (χ1n) is 11.1. The van der Waals surface area contributed by atoms with Crippen LogP contribution >= 0.6 is 24.0 Å². The number of halogens is 1. The van der Waals surface area contributed by atoms with Crippen molar-refractivity contribution in [2.24, 2.45) is 18.0 Å². The second-order valence-electron chi connectivity index (χ2n) is 8.36. The zero-order valence-electron chi connectivity index (χ0n) is 19.7. The summed E-state index contributed by atoms with van der Waals surface area (Å²) in [5.41, 5.74) is 2.58. The highest BCUT2D eigenvalue weighted by molar-refractivity contribution is 14.0. The molecule has 0 atom stereocenters. The van der Waals surface area contributed by atoms with E-state index >= 15 is 0 Å². The first kappa shape index (κ1) is 26.6. The fourth-order valence-corrected chi connectivity index (χ4v) is 3.60. The molecule has 1 saturated heterocycles. The van der Waals surface area contributed by atoms with E-state index in [-0.39, 0.29) is 42.3 Å². The number of anilines is 2. The Kier molecular flexibility index (Phi) is 10.1. The van der Waals surface area contributed by atoms with Gasteiger partial charge < -0.3 is 20.4 Å². The maximum Gasteiger partial charge on any atom is 0.246 e. The van der Waals surface area contributed by atoms with Crippen LogP contribution in [0.1, 0.15) is 32.8 Å². The Morgan fingerprint density at radius 1 is 1.27 bits per heavy atom. The van der Waals surface area contributed by atoms with Gasteiger partial charge in [0.2, 0.25) is 11.8 Å². The van der Waals surface area contributed by atoms with Gasteiger partial charge in [0.1, 0.15) is 6.54 Å². The van der Waals surface area contributed by atoms with E-state index in [9.17, 15) is 9.59 Å². The lowest BCUT2D eigenvalue weighted by atomic mass is 10.1. The highest BCUT2D eigenvalue weighted by atomic mass is 127. The van der Waals surface area contributed by atoms with E-state index in [1.54, 1.807) is 15.8 Å². The number of benzene rings is 1. The summed E-state index contributed by atoms with van der Waals surface area (Å²) < 4.78 is 1.69. The third-order valence-electron chi connectivity index (χ3n) is 5.07. The van der Waals surface area contributed by atoms with Crippen molar-refractivity contribution in [3.05, 3.63) is 42.2 Å². The van der Waals surface area contributed by atoms with Crippen molar-refractivity contribution in [2.75, 3.05) is 36.4 Å². The first-order valence-corrected chi connectivity index (χ1v) is 11.1. The maximum absolute atomic E-state index is 12.7. The van der Waals surface area contributed by atoms with Gasteiger partial charge in [0.25, 0.3) is 0 Å². The van der Waals surface area contributed by atoms with Gasteiger partial charge in [0.05, 0.1) is 18.4 Å². The topological polar surface area (TPSA) is 94.9 Å². The molecule has 1 aromatic carbocycles. The van der Waals surface area contributed by atoms with Crippen LogP contribution in [0.25, 0.3) is 0 Å². The van der Waals surface area contributed by atoms with Gasteiger partial charge in [-0.1, -0.05) is 26.0 Å². The van der Waals surface area contributed by atoms with E-state index in [1.165, 1.54) is 0 Å². The summed E-state index contributed by atoms with van der Waals surface area (Å²) in [6.07, 6.45) is 4.05. The number of carbonyl (C=O) groups is 2. The molecule has 10 heteroatoms. The van der Waals surface area contributed by atoms with Gasteiger partial charge in [-0.2, -0.15) is 5.10 Å². The number of guanidine groups is 1. The van der Waals surface area contributed by atoms with Crippen molar-refractivity contribution in [1.82, 2.24) is 20.0 Å². The summed E-state index contributed by atoms with van der Waals surface area (Å²) in [6.45, 7) is 8.72. The van der Waals surface area contributed by atoms with E-state index in [4.69, 9.17) is 4.99 Å². The van der Waals surface area contributed by atoms with Gasteiger partial charge in [0, 0.05) is 45.0 Å². The number of carbonyl (C=O) groups excluding carboxylic acids is 2. The Morgan fingerprint density at radius 2 is 2.06 bits per heavy atom. The largest absolute Gasteiger partial charge is 0.356 e. The van der Waals surface area contributed by atoms with E-state index < -0.39 is 0 Å². The van der Waals surface area contributed by atoms with Gasteiger partial charge in [-0.15, -0.1) is 24.0 Å². The summed E-state index contributed by atoms with van der Waals surface area (Å²) in [5, 5.41) is 10.4. The molecule has 3 rings (SSSR count). The summed E-state index contributed by atoms with van der Waals surface area (Å²) >= 11 is 0. The second kappa shape index (κ2) is 12.6. The maximum atomic E-state index is 12.7. The average molecular weight is 567 g/mol. The van der Waals surface area contributed by atoms with Crippen LogP contribution in [0.5, 0.6) is 0 Å². The molecule has 2 N–H and O–H groups in total. The highest BCUT2D eigenvalue weighted by Gasteiger charge is 2.27. The molecule has 1 aromatic heterocycles. The summed E-state index contributed by atoms with van der Waals surface area (Å²) in [6, 6.07) is 7.72. The Balaban J connectivity index is 0.00000385. The number of aliphatic imine (C=N–C) groups is 1. The minimum Gasteiger partial charge on any atom is -0.356 e. The SMILES string of the molecule is CCNC(=NCc1cccc(NC(=O)CC(C)C)c1)N1CCN(c2cnn(C)c2)C(=O)C1.I. The minimum atomic E-state index is 0. The molecule has 0 unspecified atom stereocenters. The van der Waals surface area contributed by atoms with Crippen molar-refractivity contribution >= 4 is 53.1 Å². The number of nitrogens with one attached hydrogen (secondary N) is 2. The van der Waals surface area contributed by atoms with Crippen LogP contribution in [0.15, 0.2) is 41.7 Å². The lowest BCUT2D eigenvalue weighted by molar-refractivity contribution is -0.120. The molecule has 1 aliphatic heterocycles. The van der Waals surface area contributed by atoms with Crippen LogP contribution in [0, 0.1) is 5.92 Å². The molecule has 0 radical (unpaired) electrons. The summed E-state index contributed by atoms with van der Waals surface area (Å²) in [4.78, 5) is 33.3. The van der Waals surface area contributed by atoms with Gasteiger partial charge in [-0.25, -0.2) is 4.99 Å². The Bertz CT molecular complexity index is 973. The quantitative estimate of drug-likeness (QED) is 0.305. The standard InChI is InChI=1S/C23H33N7O2.HI/c1-5-24-23(29-9-10-30(22(32)16-29)20-14-26-28(4)15-20)25-13-18-7-6-8-19(12-18)27-21(31)11-17(2)3;/h6-8,12,14-15,17H,5,9-11,13,16H2,1-4H3,(H,24,25)(H,27,31);1H. The molecule has 0 aliphatic carbocycles. The van der Waals surface area contributed by atoms with Crippen molar-refractivity contribution < 1.29 is 9.59 Å². The Hall–Kier alpha value is -2.63. The smallest absolute Gasteiger partial charge is 0.246 e. The van der Waals surface area contributed by atoms with Crippen LogP contribution < -0.4 is 15.5 Å². The van der Waals surface area contributed by atoms with Gasteiger partial charge >= 0.3 is 0 Å². The third-order valence-corrected chi connectivity index (χ3v) is 5.07. The summed E-state index contributed by atoms with van der Waals surface area (Å²) in [7, 11) is 1.84. The lowest BCUT2D eigenvalue weighted by Gasteiger charge is -2.35. The number of hydrogen-bond donors (Lipinski definition) is 2. The molecule has 2 heterocycles. The molecule has 9 nitrogen and oxygen atoms in total. The van der Waals surface area contributed by atoms with Crippen LogP contribution in [0.3, 0.4) is 0 Å². The van der Waals surface area contributed by atoms with Crippen molar-refractivity contribution in [1.29, 1.82) is 0 Å². The molecule has 33 heavy (non-hydrogen) atoms. The fraction of sp³-hybridized carbons (Fsp3) is 0.478. The number of aryl methyl sites for hydroxylation is 1. The van der Waals surface area contributed by atoms with Crippen LogP contribution in [0.2, 0.25) is 0 Å². The number of piperazine rings is 1. The highest BCUT2D eigenvalue weighted by Crippen LogP contribution is 2.17. The lowest BCUT2D eigenvalue weighted by Crippen LogP contribution is -2.55. The second-order valence-corrected chi connectivity index (χ2v) is 8.36. The Labute approximate surface area is 212 Å². The number of amides is 2. The van der Waals surface area contributed by atoms with Crippen molar-refractivity contribution in [2.45, 2.75) is 33.7 Å². The first-order chi connectivity index (χ1) is 15.4. The molecule has 2 amide bonds. The molecule has 0 spiro atoms. The zero-order valence-corrected chi connectivity index (χ0v) is 22.1. The predicted molar refractivity (Wildman–Crippen MR) is 142 cm³/mol. The van der Waals surface area contributed by atoms with Gasteiger partial charge in [-0.3, -0.25) is 14.3 Å². The average Bonchev–Trinajstić information content (AvgIpc) is 3.16. The van der Waals surface area contributed by atoms with E-state index in [1.807, 2.05) is 63.2 Å². The van der Waals surface area contributed by atoms with Crippen molar-refractivity contribution in [3.63, 3.8) is 0 Å². The van der Waals surface area contributed by atoms with Crippen LogP contribution in [0.4, 0.5) is 11.4 Å². The zero-order chi connectivity index (χ0) is 23.1. The predicted octanol–water partition coefficient (Wildman–Crippen LogP) is 2.84. The molecular weight excluding hydrogens is 533 g/mol. The molecule has 0 bridgehead atoms.